The van der Waals surface area contributed by atoms with Gasteiger partial charge in [0.1, 0.15) is 15.8 Å². The number of thiazole rings is 1. The van der Waals surface area contributed by atoms with Crippen LogP contribution >= 0.6 is 22.9 Å². The van der Waals surface area contributed by atoms with Crippen LogP contribution in [0.3, 0.4) is 0 Å². The van der Waals surface area contributed by atoms with Crippen LogP contribution in [0.2, 0.25) is 0 Å². The predicted molar refractivity (Wildman–Crippen MR) is 91.3 cm³/mol. The van der Waals surface area contributed by atoms with E-state index in [0.29, 0.717) is 18.3 Å². The van der Waals surface area contributed by atoms with Crippen LogP contribution < -0.4 is 10.6 Å². The molecule has 116 valence electrons. The number of hydrogen-bond acceptors (Lipinski definition) is 7. The van der Waals surface area contributed by atoms with Crippen molar-refractivity contribution in [3.8, 4) is 10.6 Å². The maximum absolute atomic E-state index is 6.09. The van der Waals surface area contributed by atoms with Crippen LogP contribution in [-0.2, 0) is 4.74 Å². The van der Waals surface area contributed by atoms with Crippen molar-refractivity contribution in [2.24, 2.45) is 5.92 Å². The fraction of sp³-hybridized carbons (Fsp3) is 0.571. The average Bonchev–Trinajstić information content (AvgIpc) is 3.00. The summed E-state index contributed by atoms with van der Waals surface area (Å²) in [5.41, 5.74) is 8.07. The molecule has 0 radical (unpaired) electrons. The summed E-state index contributed by atoms with van der Waals surface area (Å²) in [7, 11) is 1.72. The first-order chi connectivity index (χ1) is 10.0. The number of hydrogen-bond donors (Lipinski definition) is 1. The van der Waals surface area contributed by atoms with Crippen molar-refractivity contribution >= 4 is 33.7 Å². The number of nitrogens with two attached hydrogens (primary N) is 1. The SMILES string of the molecule is COCCN(CC(C)C)c1snc(N)c1-c1nc(C)cs1. The van der Waals surface area contributed by atoms with Crippen molar-refractivity contribution in [2.45, 2.75) is 20.8 Å². The summed E-state index contributed by atoms with van der Waals surface area (Å²) in [6.45, 7) is 8.86. The maximum atomic E-state index is 6.09. The Kier molecular flexibility index (Phi) is 5.55. The lowest BCUT2D eigenvalue weighted by molar-refractivity contribution is 0.204. The first kappa shape index (κ1) is 16.2. The molecule has 0 saturated heterocycles. The Labute approximate surface area is 133 Å². The molecule has 2 rings (SSSR count). The molecule has 2 N–H and O–H groups in total. The van der Waals surface area contributed by atoms with E-state index in [0.717, 1.165) is 34.4 Å². The number of rotatable bonds is 7. The van der Waals surface area contributed by atoms with Gasteiger partial charge >= 0.3 is 0 Å². The van der Waals surface area contributed by atoms with Gasteiger partial charge in [0.15, 0.2) is 0 Å². The van der Waals surface area contributed by atoms with E-state index in [2.05, 4.69) is 28.1 Å². The molecule has 2 aromatic heterocycles. The molecule has 2 heterocycles. The first-order valence-corrected chi connectivity index (χ1v) is 8.59. The van der Waals surface area contributed by atoms with Crippen LogP contribution in [0.1, 0.15) is 19.5 Å². The van der Waals surface area contributed by atoms with E-state index in [-0.39, 0.29) is 0 Å². The molecule has 2 aromatic rings. The molecule has 0 bridgehead atoms. The second-order valence-electron chi connectivity index (χ2n) is 5.37. The van der Waals surface area contributed by atoms with Gasteiger partial charge in [0.2, 0.25) is 0 Å². The Morgan fingerprint density at radius 1 is 1.43 bits per heavy atom. The van der Waals surface area contributed by atoms with Crippen molar-refractivity contribution in [2.75, 3.05) is 37.4 Å². The van der Waals surface area contributed by atoms with Gasteiger partial charge in [-0.15, -0.1) is 11.3 Å². The molecule has 0 atom stereocenters. The Bertz CT molecular complexity index is 579. The lowest BCUT2D eigenvalue weighted by Crippen LogP contribution is -2.30. The van der Waals surface area contributed by atoms with Crippen LogP contribution in [0.5, 0.6) is 0 Å². The molecule has 0 aliphatic heterocycles. The van der Waals surface area contributed by atoms with E-state index < -0.39 is 0 Å². The zero-order valence-corrected chi connectivity index (χ0v) is 14.6. The van der Waals surface area contributed by atoms with Gasteiger partial charge in [-0.3, -0.25) is 0 Å². The Balaban J connectivity index is 2.36. The smallest absolute Gasteiger partial charge is 0.149 e. The largest absolute Gasteiger partial charge is 0.383 e. The lowest BCUT2D eigenvalue weighted by atomic mass is 10.2. The number of nitrogen functional groups attached to an aromatic ring is 1. The van der Waals surface area contributed by atoms with E-state index in [9.17, 15) is 0 Å². The van der Waals surface area contributed by atoms with E-state index in [4.69, 9.17) is 10.5 Å². The van der Waals surface area contributed by atoms with Crippen LogP contribution in [-0.4, -0.2) is 36.2 Å². The fourth-order valence-corrected chi connectivity index (χ4v) is 3.86. The molecule has 0 saturated carbocycles. The standard InChI is InChI=1S/C14H22N4OS2/c1-9(2)7-18(5-6-19-4)14-11(12(15)17-21-14)13-16-10(3)8-20-13/h8-9H,5-7H2,1-4H3,(H2,15,17). The van der Waals surface area contributed by atoms with Crippen LogP contribution in [0, 0.1) is 12.8 Å². The van der Waals surface area contributed by atoms with Gasteiger partial charge in [0, 0.05) is 31.3 Å². The van der Waals surface area contributed by atoms with Crippen molar-refractivity contribution < 1.29 is 4.74 Å². The quantitative estimate of drug-likeness (QED) is 0.846. The molecule has 0 aliphatic carbocycles. The second kappa shape index (κ2) is 7.20. The normalized spacial score (nSPS) is 11.3. The number of aromatic nitrogens is 2. The minimum Gasteiger partial charge on any atom is -0.383 e. The zero-order valence-electron chi connectivity index (χ0n) is 12.9. The molecular weight excluding hydrogens is 304 g/mol. The monoisotopic (exact) mass is 326 g/mol. The molecular formula is C14H22N4OS2. The highest BCUT2D eigenvalue weighted by Gasteiger charge is 2.22. The van der Waals surface area contributed by atoms with Gasteiger partial charge in [-0.2, -0.15) is 4.37 Å². The average molecular weight is 326 g/mol. The minimum atomic E-state index is 0.552. The summed E-state index contributed by atoms with van der Waals surface area (Å²) in [6, 6.07) is 0. The molecule has 0 amide bonds. The third-order valence-electron chi connectivity index (χ3n) is 2.97. The lowest BCUT2D eigenvalue weighted by Gasteiger charge is -2.25. The van der Waals surface area contributed by atoms with Gasteiger partial charge < -0.3 is 15.4 Å². The van der Waals surface area contributed by atoms with E-state index >= 15 is 0 Å². The molecule has 0 spiro atoms. The Hall–Kier alpha value is -1.18. The molecule has 0 unspecified atom stereocenters. The highest BCUT2D eigenvalue weighted by atomic mass is 32.1. The Morgan fingerprint density at radius 3 is 2.76 bits per heavy atom. The Morgan fingerprint density at radius 2 is 2.19 bits per heavy atom. The van der Waals surface area contributed by atoms with Gasteiger partial charge in [0.05, 0.1) is 12.2 Å². The minimum absolute atomic E-state index is 0.552. The van der Waals surface area contributed by atoms with E-state index in [1.54, 1.807) is 18.4 Å². The van der Waals surface area contributed by atoms with Crippen molar-refractivity contribution in [1.29, 1.82) is 0 Å². The van der Waals surface area contributed by atoms with E-state index in [1.807, 2.05) is 12.3 Å². The summed E-state index contributed by atoms with van der Waals surface area (Å²) in [5.74, 6) is 1.12. The first-order valence-electron chi connectivity index (χ1n) is 6.94. The number of aryl methyl sites for hydroxylation is 1. The van der Waals surface area contributed by atoms with Crippen molar-refractivity contribution in [1.82, 2.24) is 9.36 Å². The summed E-state index contributed by atoms with van der Waals surface area (Å²) < 4.78 is 9.57. The van der Waals surface area contributed by atoms with Crippen molar-refractivity contribution in [3.05, 3.63) is 11.1 Å². The second-order valence-corrected chi connectivity index (χ2v) is 6.98. The summed E-state index contributed by atoms with van der Waals surface area (Å²) in [6.07, 6.45) is 0. The van der Waals surface area contributed by atoms with E-state index in [1.165, 1.54) is 11.5 Å². The number of methoxy groups -OCH3 is 1. The van der Waals surface area contributed by atoms with Crippen LogP contribution in [0.15, 0.2) is 5.38 Å². The zero-order chi connectivity index (χ0) is 15.4. The summed E-state index contributed by atoms with van der Waals surface area (Å²) in [5, 5.41) is 4.07. The predicted octanol–water partition coefficient (Wildman–Crippen LogP) is 3.27. The third kappa shape index (κ3) is 3.93. The number of anilines is 2. The highest BCUT2D eigenvalue weighted by molar-refractivity contribution is 7.15. The van der Waals surface area contributed by atoms with Crippen LogP contribution in [0.4, 0.5) is 10.8 Å². The van der Waals surface area contributed by atoms with Crippen molar-refractivity contribution in [3.63, 3.8) is 0 Å². The maximum Gasteiger partial charge on any atom is 0.149 e. The summed E-state index contributed by atoms with van der Waals surface area (Å²) in [4.78, 5) is 6.86. The van der Waals surface area contributed by atoms with Gasteiger partial charge in [-0.05, 0) is 24.4 Å². The van der Waals surface area contributed by atoms with Gasteiger partial charge in [-0.25, -0.2) is 4.98 Å². The number of nitrogens with zero attached hydrogens (tertiary/aromatic N) is 3. The topological polar surface area (TPSA) is 64.3 Å². The third-order valence-corrected chi connectivity index (χ3v) is 4.87. The number of ether oxygens (including phenoxy) is 1. The van der Waals surface area contributed by atoms with Gasteiger partial charge in [-0.1, -0.05) is 13.8 Å². The summed E-state index contributed by atoms with van der Waals surface area (Å²) >= 11 is 3.06. The highest BCUT2D eigenvalue weighted by Crippen LogP contribution is 2.40. The molecule has 5 nitrogen and oxygen atoms in total. The van der Waals surface area contributed by atoms with Gasteiger partial charge in [0.25, 0.3) is 0 Å². The molecule has 21 heavy (non-hydrogen) atoms. The molecule has 7 heteroatoms. The molecule has 0 aliphatic rings. The molecule has 0 fully saturated rings. The molecule has 0 aromatic carbocycles. The van der Waals surface area contributed by atoms with Crippen LogP contribution in [0.25, 0.3) is 10.6 Å². The fourth-order valence-electron chi connectivity index (χ4n) is 2.10.